The van der Waals surface area contributed by atoms with Gasteiger partial charge in [0.1, 0.15) is 141 Å². The average Bonchev–Trinajstić information content (AvgIpc) is 1.75. The van der Waals surface area contributed by atoms with Crippen LogP contribution >= 0.6 is 0 Å². The number of amides is 6. The van der Waals surface area contributed by atoms with Crippen LogP contribution in [-0.4, -0.2) is 311 Å². The molecule has 1 unspecified atom stereocenters. The summed E-state index contributed by atoms with van der Waals surface area (Å²) < 4.78 is 35.6. The first-order chi connectivity index (χ1) is 47.3. The minimum Gasteiger partial charge on any atom is -0.498 e. The van der Waals surface area contributed by atoms with Crippen LogP contribution in [-0.2, 0) is 58.9 Å². The Balaban J connectivity index is 0.984. The molecule has 4 saturated heterocycles. The first-order valence-corrected chi connectivity index (χ1v) is 31.7. The van der Waals surface area contributed by atoms with Crippen molar-refractivity contribution in [2.75, 3.05) is 46.1 Å². The number of nitrogens with zero attached hydrogens (tertiary/aromatic N) is 2. The number of aliphatic hydroxyl groups is 13. The molecule has 3 aromatic carbocycles. The fourth-order valence-corrected chi connectivity index (χ4v) is 12.1. The van der Waals surface area contributed by atoms with Crippen molar-refractivity contribution < 1.29 is 128 Å². The van der Waals surface area contributed by atoms with Crippen molar-refractivity contribution in [1.29, 1.82) is 0 Å². The molecule has 37 nitrogen and oxygen atoms in total. The Labute approximate surface area is 564 Å². The quantitative estimate of drug-likeness (QED) is 0.0369. The van der Waals surface area contributed by atoms with Crippen LogP contribution < -0.4 is 58.7 Å². The fourth-order valence-electron chi connectivity index (χ4n) is 12.1. The molecule has 37 heteroatoms. The SMILES string of the molecule is C[C@H](c1ccccc1)[C@H]1NC(=O)CNC(=O)C(CO)NC(=O)[C@@H]([C@H](O)[C@@H]2CNC(N)=[N+]2[C@@H]2O[C@@H](CO)[C@H](O)[C@H](O)[C@@H]2O)NC(=O)[C@H]([C@H](O)[C@@H]2CNC(N)=N2)NC(=O)[C@@H](Cc2ccc(O[C@@H]3O[C@H](CO)[C@H](O[C@@H]4O[C@@H](CO/C=C\c5ccccc5)[C@H](O)[C@H](O)[C@@H]4O)[C@@H](O)[C@H]3O)cc2)NC1=O. The highest BCUT2D eigenvalue weighted by atomic mass is 16.7. The van der Waals surface area contributed by atoms with E-state index in [9.17, 15) is 85.6 Å². The second kappa shape index (κ2) is 33.7. The summed E-state index contributed by atoms with van der Waals surface area (Å²) in [5.74, 6) is -8.83. The van der Waals surface area contributed by atoms with Crippen LogP contribution in [0.25, 0.3) is 6.08 Å². The number of nitrogens with one attached hydrogen (secondary N) is 8. The predicted molar refractivity (Wildman–Crippen MR) is 337 cm³/mol. The maximum absolute atomic E-state index is 15.2. The Morgan fingerprint density at radius 3 is 1.84 bits per heavy atom. The standard InChI is InChI=1S/C62H84N12O25/c1-26(29-10-6-3-7-11-29)39-55(91)68-31(18-28-12-14-30(15-13-28)95-59-51(88)48(85)52(36(24-77)97-59)99-60-50(87)47(84)45(82)37(98-60)25-94-17-16-27-8-4-2-5-9-27)54(90)72-40(42(79)32-19-66-61(63)70-32)57(93)73-41(56(92)69-33(22-75)53(89)65-21-38(78)71-39)43(80)34-20-67-62(64)74(34)58-49(86)46(83)44(81)35(23-76)96-58/h2-17,26,31-37,39-52,58-60,75-77,79-88H,18-25H2,1H3,(H11,63,64,65,66,67,68,69,70,71,72,73,78,89,90,91,92,93)/p+1/b17-16-/t26-,31-,32+,33?,34+,35+,36-,37+,39-,40+,41-,42-,43-,44+,45+,46+,47+,48+,49+,50+,51-,52+,58-,59-,60+/m1/s1. The molecular formula is C62H85N12O25+. The van der Waals surface area contributed by atoms with E-state index in [0.717, 1.165) is 10.1 Å². The number of benzene rings is 3. The number of carbonyl (C=O) groups is 6. The highest BCUT2D eigenvalue weighted by Gasteiger charge is 2.55. The molecule has 6 aliphatic heterocycles. The molecular weight excluding hydrogens is 1310 g/mol. The number of guanidine groups is 2. The Hall–Kier alpha value is -8.32. The third-order valence-corrected chi connectivity index (χ3v) is 17.8. The Bertz CT molecular complexity index is 3350. The summed E-state index contributed by atoms with van der Waals surface area (Å²) in [5.41, 5.74) is 13.7. The molecule has 4 fully saturated rings. The molecule has 6 heterocycles. The monoisotopic (exact) mass is 1400 g/mol. The lowest BCUT2D eigenvalue weighted by Gasteiger charge is -2.45. The number of nitrogens with two attached hydrogens (primary N) is 2. The normalized spacial score (nSPS) is 35.5. The maximum atomic E-state index is 15.2. The van der Waals surface area contributed by atoms with Crippen LogP contribution in [0.5, 0.6) is 5.75 Å². The minimum absolute atomic E-state index is 0.0654. The van der Waals surface area contributed by atoms with Crippen LogP contribution in [0.1, 0.15) is 29.5 Å². The molecule has 99 heavy (non-hydrogen) atoms. The molecule has 0 bridgehead atoms. The molecule has 25 N–H and O–H groups in total. The molecule has 0 radical (unpaired) electrons. The Morgan fingerprint density at radius 2 is 1.18 bits per heavy atom. The van der Waals surface area contributed by atoms with E-state index in [1.807, 2.05) is 18.2 Å². The zero-order valence-corrected chi connectivity index (χ0v) is 53.1. The van der Waals surface area contributed by atoms with Gasteiger partial charge in [0.05, 0.1) is 38.7 Å². The smallest absolute Gasteiger partial charge is 0.346 e. The van der Waals surface area contributed by atoms with E-state index >= 15 is 9.59 Å². The predicted octanol–water partition coefficient (Wildman–Crippen LogP) is -11.6. The topological polar surface area (TPSA) is 584 Å². The number of hydrogen-bond donors (Lipinski definition) is 23. The first kappa shape index (κ1) is 74.9. The minimum atomic E-state index is -2.33. The van der Waals surface area contributed by atoms with Gasteiger partial charge < -0.3 is 138 Å². The summed E-state index contributed by atoms with van der Waals surface area (Å²) in [4.78, 5) is 91.6. The first-order valence-electron chi connectivity index (χ1n) is 31.7. The largest absolute Gasteiger partial charge is 0.498 e. The number of carbonyl (C=O) groups excluding carboxylic acids is 6. The third-order valence-electron chi connectivity index (χ3n) is 17.8. The van der Waals surface area contributed by atoms with Crippen LogP contribution in [0, 0.1) is 0 Å². The molecule has 0 saturated carbocycles. The van der Waals surface area contributed by atoms with Gasteiger partial charge in [-0.05, 0) is 34.9 Å². The Morgan fingerprint density at radius 1 is 0.586 bits per heavy atom. The van der Waals surface area contributed by atoms with Crippen LogP contribution in [0.15, 0.2) is 96.2 Å². The Kier molecular flexibility index (Phi) is 25.5. The summed E-state index contributed by atoms with van der Waals surface area (Å²) in [6, 6.07) is 9.95. The van der Waals surface area contributed by atoms with Crippen LogP contribution in [0.2, 0.25) is 0 Å². The number of aliphatic imine (C=N–C) groups is 1. The van der Waals surface area contributed by atoms with Gasteiger partial charge in [0.15, 0.2) is 12.2 Å². The number of ether oxygens (including phenoxy) is 6. The van der Waals surface area contributed by atoms with Crippen molar-refractivity contribution in [3.63, 3.8) is 0 Å². The van der Waals surface area contributed by atoms with Gasteiger partial charge >= 0.3 is 5.96 Å². The van der Waals surface area contributed by atoms with Gasteiger partial charge in [0, 0.05) is 18.9 Å². The zero-order chi connectivity index (χ0) is 71.5. The van der Waals surface area contributed by atoms with Crippen molar-refractivity contribution in [3.05, 3.63) is 108 Å². The average molecular weight is 1400 g/mol. The van der Waals surface area contributed by atoms with Gasteiger partial charge in [-0.1, -0.05) is 79.7 Å². The molecule has 0 aromatic heterocycles. The van der Waals surface area contributed by atoms with Crippen LogP contribution in [0.4, 0.5) is 0 Å². The molecule has 542 valence electrons. The summed E-state index contributed by atoms with van der Waals surface area (Å²) >= 11 is 0. The summed E-state index contributed by atoms with van der Waals surface area (Å²) in [6.45, 7) is -3.27. The van der Waals surface area contributed by atoms with E-state index in [-0.39, 0.29) is 36.4 Å². The van der Waals surface area contributed by atoms with Gasteiger partial charge in [-0.3, -0.25) is 39.8 Å². The van der Waals surface area contributed by atoms with E-state index in [0.29, 0.717) is 5.56 Å². The molecule has 0 aliphatic carbocycles. The highest BCUT2D eigenvalue weighted by Crippen LogP contribution is 2.32. The van der Waals surface area contributed by atoms with E-state index in [1.165, 1.54) is 30.5 Å². The van der Waals surface area contributed by atoms with Gasteiger partial charge in [0.2, 0.25) is 48.0 Å². The molecule has 3 aromatic rings. The van der Waals surface area contributed by atoms with Crippen molar-refractivity contribution in [2.24, 2.45) is 16.5 Å². The van der Waals surface area contributed by atoms with Gasteiger partial charge in [-0.2, -0.15) is 0 Å². The second-order valence-electron chi connectivity index (χ2n) is 24.5. The van der Waals surface area contributed by atoms with E-state index in [1.54, 1.807) is 55.5 Å². The summed E-state index contributed by atoms with van der Waals surface area (Å²) in [6.07, 6.45) is -28.4. The fraction of sp³-hybridized carbons (Fsp3) is 0.548. The van der Waals surface area contributed by atoms with E-state index < -0.39 is 227 Å². The lowest BCUT2D eigenvalue weighted by Crippen LogP contribution is -2.68. The summed E-state index contributed by atoms with van der Waals surface area (Å²) in [7, 11) is 0. The second-order valence-corrected chi connectivity index (χ2v) is 24.5. The number of hydrogen-bond acceptors (Lipinski definition) is 30. The lowest BCUT2D eigenvalue weighted by atomic mass is 9.92. The molecule has 0 spiro atoms. The molecule has 6 amide bonds. The number of aliphatic hydroxyl groups excluding tert-OH is 13. The van der Waals surface area contributed by atoms with Crippen molar-refractivity contribution in [1.82, 2.24) is 42.5 Å². The van der Waals surface area contributed by atoms with Crippen molar-refractivity contribution in [3.8, 4) is 5.75 Å². The zero-order valence-electron chi connectivity index (χ0n) is 53.1. The molecule has 6 aliphatic rings. The van der Waals surface area contributed by atoms with E-state index in [4.69, 9.17) is 39.9 Å². The van der Waals surface area contributed by atoms with Gasteiger partial charge in [-0.15, -0.1) is 0 Å². The van der Waals surface area contributed by atoms with Gasteiger partial charge in [0.25, 0.3) is 0 Å². The molecule has 25 atom stereocenters. The van der Waals surface area contributed by atoms with Crippen LogP contribution in [0.3, 0.4) is 0 Å². The maximum Gasteiger partial charge on any atom is 0.346 e. The molecule has 9 rings (SSSR count). The lowest BCUT2D eigenvalue weighted by molar-refractivity contribution is -0.663. The third kappa shape index (κ3) is 17.6. The highest BCUT2D eigenvalue weighted by molar-refractivity contribution is 5.98. The van der Waals surface area contributed by atoms with Crippen molar-refractivity contribution >= 4 is 53.4 Å². The van der Waals surface area contributed by atoms with Gasteiger partial charge in [-0.25, -0.2) is 9.57 Å². The van der Waals surface area contributed by atoms with E-state index in [2.05, 4.69) is 47.5 Å². The summed E-state index contributed by atoms with van der Waals surface area (Å²) in [5, 5.41) is 163. The van der Waals surface area contributed by atoms with Crippen molar-refractivity contribution in [2.45, 2.75) is 166 Å². The number of rotatable bonds is 20.